The Kier molecular flexibility index (Phi) is 2.59. The SMILES string of the molecule is Nc1nc2ccccc2n2cc(-c3cccc(Cl)c3)nc12. The molecule has 0 aliphatic heterocycles. The monoisotopic (exact) mass is 294 g/mol. The predicted molar refractivity (Wildman–Crippen MR) is 85.4 cm³/mol. The highest BCUT2D eigenvalue weighted by Gasteiger charge is 2.11. The van der Waals surface area contributed by atoms with Gasteiger partial charge in [-0.15, -0.1) is 0 Å². The zero-order valence-corrected chi connectivity index (χ0v) is 11.7. The minimum absolute atomic E-state index is 0.418. The van der Waals surface area contributed by atoms with E-state index in [9.17, 15) is 0 Å². The van der Waals surface area contributed by atoms with Crippen LogP contribution in [0.25, 0.3) is 27.9 Å². The highest BCUT2D eigenvalue weighted by molar-refractivity contribution is 6.30. The fourth-order valence-electron chi connectivity index (χ4n) is 2.47. The molecule has 4 nitrogen and oxygen atoms in total. The first-order valence-corrected chi connectivity index (χ1v) is 6.89. The molecule has 0 radical (unpaired) electrons. The van der Waals surface area contributed by atoms with Gasteiger partial charge in [0.1, 0.15) is 0 Å². The van der Waals surface area contributed by atoms with Crippen LogP contribution in [-0.2, 0) is 0 Å². The van der Waals surface area contributed by atoms with E-state index in [2.05, 4.69) is 9.97 Å². The number of imidazole rings is 1. The van der Waals surface area contributed by atoms with Gasteiger partial charge < -0.3 is 5.73 Å². The average molecular weight is 295 g/mol. The lowest BCUT2D eigenvalue weighted by molar-refractivity contribution is 1.21. The van der Waals surface area contributed by atoms with Gasteiger partial charge in [0, 0.05) is 16.8 Å². The minimum atomic E-state index is 0.418. The van der Waals surface area contributed by atoms with Gasteiger partial charge in [-0.05, 0) is 24.3 Å². The third kappa shape index (κ3) is 1.92. The van der Waals surface area contributed by atoms with Crippen molar-refractivity contribution in [1.82, 2.24) is 14.4 Å². The Bertz CT molecular complexity index is 975. The molecule has 2 N–H and O–H groups in total. The normalized spacial score (nSPS) is 11.3. The molecule has 0 atom stereocenters. The summed E-state index contributed by atoms with van der Waals surface area (Å²) in [5.74, 6) is 0.418. The van der Waals surface area contributed by atoms with E-state index in [1.54, 1.807) is 0 Å². The number of nitrogens with zero attached hydrogens (tertiary/aromatic N) is 3. The molecule has 0 amide bonds. The molecule has 2 heterocycles. The first-order chi connectivity index (χ1) is 10.2. The van der Waals surface area contributed by atoms with Crippen LogP contribution in [0.3, 0.4) is 0 Å². The number of hydrogen-bond donors (Lipinski definition) is 1. The number of anilines is 1. The second-order valence-electron chi connectivity index (χ2n) is 4.82. The molecule has 21 heavy (non-hydrogen) atoms. The van der Waals surface area contributed by atoms with Crippen molar-refractivity contribution in [2.75, 3.05) is 5.73 Å². The molecular weight excluding hydrogens is 284 g/mol. The molecular formula is C16H11ClN4. The number of hydrogen-bond acceptors (Lipinski definition) is 3. The van der Waals surface area contributed by atoms with Gasteiger partial charge in [0.05, 0.1) is 16.7 Å². The maximum absolute atomic E-state index is 6.05. The standard InChI is InChI=1S/C16H11ClN4/c17-11-5-3-4-10(8-11)13-9-21-14-7-2-1-6-12(14)19-15(18)16(21)20-13/h1-9H,(H2,18,19). The molecule has 4 aromatic rings. The quantitative estimate of drug-likeness (QED) is 0.581. The van der Waals surface area contributed by atoms with Gasteiger partial charge >= 0.3 is 0 Å². The van der Waals surface area contributed by atoms with Gasteiger partial charge in [0.25, 0.3) is 0 Å². The maximum Gasteiger partial charge on any atom is 0.180 e. The van der Waals surface area contributed by atoms with Crippen LogP contribution >= 0.6 is 11.6 Å². The summed E-state index contributed by atoms with van der Waals surface area (Å²) in [4.78, 5) is 8.99. The van der Waals surface area contributed by atoms with Gasteiger partial charge in [-0.2, -0.15) is 0 Å². The van der Waals surface area contributed by atoms with Crippen LogP contribution in [0.15, 0.2) is 54.7 Å². The highest BCUT2D eigenvalue weighted by atomic mass is 35.5. The number of nitrogens with two attached hydrogens (primary N) is 1. The van der Waals surface area contributed by atoms with E-state index < -0.39 is 0 Å². The van der Waals surface area contributed by atoms with Crippen LogP contribution in [0, 0.1) is 0 Å². The molecule has 2 aromatic heterocycles. The molecule has 4 rings (SSSR count). The largest absolute Gasteiger partial charge is 0.381 e. The van der Waals surface area contributed by atoms with Crippen LogP contribution in [0.5, 0.6) is 0 Å². The maximum atomic E-state index is 6.05. The number of benzene rings is 2. The van der Waals surface area contributed by atoms with Crippen molar-refractivity contribution < 1.29 is 0 Å². The average Bonchev–Trinajstić information content (AvgIpc) is 2.93. The molecule has 2 aromatic carbocycles. The van der Waals surface area contributed by atoms with Gasteiger partial charge in [0.2, 0.25) is 0 Å². The Morgan fingerprint density at radius 2 is 1.86 bits per heavy atom. The molecule has 102 valence electrons. The number of nitrogen functional groups attached to an aromatic ring is 1. The lowest BCUT2D eigenvalue weighted by atomic mass is 10.2. The Morgan fingerprint density at radius 3 is 2.71 bits per heavy atom. The van der Waals surface area contributed by atoms with Crippen LogP contribution in [0.2, 0.25) is 5.02 Å². The fraction of sp³-hybridized carbons (Fsp3) is 0. The summed E-state index contributed by atoms with van der Waals surface area (Å²) < 4.78 is 1.97. The summed E-state index contributed by atoms with van der Waals surface area (Å²) in [6.45, 7) is 0. The number of fused-ring (bicyclic) bond motifs is 3. The zero-order chi connectivity index (χ0) is 14.4. The van der Waals surface area contributed by atoms with E-state index in [0.717, 1.165) is 22.3 Å². The molecule has 0 aliphatic carbocycles. The predicted octanol–water partition coefficient (Wildman–Crippen LogP) is 3.79. The van der Waals surface area contributed by atoms with Crippen LogP contribution < -0.4 is 5.73 Å². The summed E-state index contributed by atoms with van der Waals surface area (Å²) in [7, 11) is 0. The molecule has 5 heteroatoms. The summed E-state index contributed by atoms with van der Waals surface area (Å²) in [5.41, 5.74) is 10.3. The number of para-hydroxylation sites is 2. The van der Waals surface area contributed by atoms with Crippen LogP contribution in [0.4, 0.5) is 5.82 Å². The number of aromatic nitrogens is 3. The van der Waals surface area contributed by atoms with E-state index in [-0.39, 0.29) is 0 Å². The summed E-state index contributed by atoms with van der Waals surface area (Å²) in [6, 6.07) is 15.4. The van der Waals surface area contributed by atoms with Crippen molar-refractivity contribution >= 4 is 34.1 Å². The van der Waals surface area contributed by atoms with Crippen molar-refractivity contribution in [3.05, 3.63) is 59.8 Å². The Morgan fingerprint density at radius 1 is 1.00 bits per heavy atom. The Labute approximate surface area is 125 Å². The Hall–Kier alpha value is -2.59. The lowest BCUT2D eigenvalue weighted by Crippen LogP contribution is -1.97. The topological polar surface area (TPSA) is 56.2 Å². The van der Waals surface area contributed by atoms with Crippen LogP contribution in [-0.4, -0.2) is 14.4 Å². The molecule has 0 aliphatic rings. The summed E-state index contributed by atoms with van der Waals surface area (Å²) in [5, 5.41) is 0.681. The van der Waals surface area contributed by atoms with E-state index in [1.165, 1.54) is 0 Å². The van der Waals surface area contributed by atoms with E-state index in [4.69, 9.17) is 17.3 Å². The third-order valence-electron chi connectivity index (χ3n) is 3.44. The fourth-order valence-corrected chi connectivity index (χ4v) is 2.66. The van der Waals surface area contributed by atoms with Crippen molar-refractivity contribution in [2.45, 2.75) is 0 Å². The molecule has 0 fully saturated rings. The van der Waals surface area contributed by atoms with E-state index in [0.29, 0.717) is 16.5 Å². The summed E-state index contributed by atoms with van der Waals surface area (Å²) >= 11 is 6.05. The van der Waals surface area contributed by atoms with Gasteiger partial charge in [0.15, 0.2) is 11.5 Å². The first kappa shape index (κ1) is 12.2. The van der Waals surface area contributed by atoms with Crippen LogP contribution in [0.1, 0.15) is 0 Å². The van der Waals surface area contributed by atoms with E-state index >= 15 is 0 Å². The molecule has 0 bridgehead atoms. The number of rotatable bonds is 1. The van der Waals surface area contributed by atoms with Crippen molar-refractivity contribution in [3.63, 3.8) is 0 Å². The first-order valence-electron chi connectivity index (χ1n) is 6.51. The molecule has 0 saturated carbocycles. The molecule has 0 saturated heterocycles. The Balaban J connectivity index is 2.06. The van der Waals surface area contributed by atoms with E-state index in [1.807, 2.05) is 59.1 Å². The summed E-state index contributed by atoms with van der Waals surface area (Å²) in [6.07, 6.45) is 1.96. The highest BCUT2D eigenvalue weighted by Crippen LogP contribution is 2.26. The van der Waals surface area contributed by atoms with Gasteiger partial charge in [-0.25, -0.2) is 9.97 Å². The van der Waals surface area contributed by atoms with Gasteiger partial charge in [-0.1, -0.05) is 35.9 Å². The van der Waals surface area contributed by atoms with Gasteiger partial charge in [-0.3, -0.25) is 4.40 Å². The number of halogens is 1. The smallest absolute Gasteiger partial charge is 0.180 e. The molecule has 0 unspecified atom stereocenters. The lowest BCUT2D eigenvalue weighted by Gasteiger charge is -2.02. The van der Waals surface area contributed by atoms with Crippen molar-refractivity contribution in [1.29, 1.82) is 0 Å². The molecule has 0 spiro atoms. The second-order valence-corrected chi connectivity index (χ2v) is 5.25. The third-order valence-corrected chi connectivity index (χ3v) is 3.67. The zero-order valence-electron chi connectivity index (χ0n) is 11.0. The second kappa shape index (κ2) is 4.46. The van der Waals surface area contributed by atoms with Crippen molar-refractivity contribution in [3.8, 4) is 11.3 Å². The minimum Gasteiger partial charge on any atom is -0.381 e. The van der Waals surface area contributed by atoms with Crippen molar-refractivity contribution in [2.24, 2.45) is 0 Å².